The number of rotatable bonds is 4. The van der Waals surface area contributed by atoms with E-state index < -0.39 is 27.7 Å². The maximum absolute atomic E-state index is 12.0. The molecule has 2 N–H and O–H groups in total. The summed E-state index contributed by atoms with van der Waals surface area (Å²) in [6, 6.07) is 3.74. The molecule has 0 atom stereocenters. The van der Waals surface area contributed by atoms with Crippen molar-refractivity contribution in [3.05, 3.63) is 55.0 Å². The van der Waals surface area contributed by atoms with Gasteiger partial charge in [0.05, 0.1) is 4.92 Å². The van der Waals surface area contributed by atoms with Gasteiger partial charge in [-0.1, -0.05) is 6.07 Å². The average Bonchev–Trinajstić information content (AvgIpc) is 2.43. The molecule has 1 aromatic carbocycles. The van der Waals surface area contributed by atoms with Gasteiger partial charge >= 0.3 is 11.7 Å². The number of nitro groups is 1. The van der Waals surface area contributed by atoms with Crippen molar-refractivity contribution in [2.75, 3.05) is 5.32 Å². The molecule has 0 saturated heterocycles. The minimum absolute atomic E-state index is 0.132. The summed E-state index contributed by atoms with van der Waals surface area (Å²) in [6.45, 7) is 0. The van der Waals surface area contributed by atoms with Crippen molar-refractivity contribution in [2.24, 2.45) is 7.05 Å². The van der Waals surface area contributed by atoms with Gasteiger partial charge in [0.1, 0.15) is 15.9 Å². The first-order valence-corrected chi connectivity index (χ1v) is 6.61. The smallest absolute Gasteiger partial charge is 0.342 e. The molecule has 0 spiro atoms. The summed E-state index contributed by atoms with van der Waals surface area (Å²) in [5.41, 5.74) is -1.77. The Hall–Kier alpha value is -2.75. The van der Waals surface area contributed by atoms with Crippen molar-refractivity contribution < 1.29 is 14.8 Å². The lowest BCUT2D eigenvalue weighted by Gasteiger charge is -2.09. The molecule has 22 heavy (non-hydrogen) atoms. The summed E-state index contributed by atoms with van der Waals surface area (Å²) in [5, 5.41) is 22.7. The first-order valence-electron chi connectivity index (χ1n) is 5.82. The first-order chi connectivity index (χ1) is 10.3. The fourth-order valence-electron chi connectivity index (χ4n) is 1.79. The van der Waals surface area contributed by atoms with Gasteiger partial charge in [-0.3, -0.25) is 14.9 Å². The number of aromatic carboxylic acids is 1. The predicted octanol–water partition coefficient (Wildman–Crippen LogP) is 1.89. The summed E-state index contributed by atoms with van der Waals surface area (Å²) in [6.07, 6.45) is 1.43. The quantitative estimate of drug-likeness (QED) is 0.622. The van der Waals surface area contributed by atoms with Gasteiger partial charge in [-0.15, -0.1) is 0 Å². The van der Waals surface area contributed by atoms with Crippen LogP contribution in [0.15, 0.2) is 33.8 Å². The van der Waals surface area contributed by atoms with Crippen LogP contribution in [0.2, 0.25) is 0 Å². The number of carbonyl (C=O) groups is 1. The highest BCUT2D eigenvalue weighted by Crippen LogP contribution is 2.30. The van der Waals surface area contributed by atoms with Gasteiger partial charge in [-0.05, 0) is 28.1 Å². The molecular formula is C12H9BrN4O5. The highest BCUT2D eigenvalue weighted by atomic mass is 79.9. The predicted molar refractivity (Wildman–Crippen MR) is 80.5 cm³/mol. The van der Waals surface area contributed by atoms with Crippen LogP contribution in [-0.2, 0) is 7.05 Å². The maximum atomic E-state index is 12.0. The second-order valence-electron chi connectivity index (χ2n) is 4.22. The van der Waals surface area contributed by atoms with Gasteiger partial charge in [0.15, 0.2) is 5.82 Å². The molecule has 1 aromatic heterocycles. The number of nitrogens with one attached hydrogen (secondary N) is 1. The van der Waals surface area contributed by atoms with Crippen LogP contribution >= 0.6 is 15.9 Å². The van der Waals surface area contributed by atoms with Crippen molar-refractivity contribution in [1.82, 2.24) is 9.55 Å². The molecule has 0 saturated carbocycles. The van der Waals surface area contributed by atoms with E-state index in [1.807, 2.05) is 0 Å². The number of anilines is 2. The zero-order valence-corrected chi connectivity index (χ0v) is 12.7. The van der Waals surface area contributed by atoms with Crippen molar-refractivity contribution >= 4 is 39.1 Å². The van der Waals surface area contributed by atoms with Crippen LogP contribution in [0.4, 0.5) is 17.2 Å². The Morgan fingerprint density at radius 2 is 2.18 bits per heavy atom. The van der Waals surface area contributed by atoms with Crippen molar-refractivity contribution in [1.29, 1.82) is 0 Å². The number of aromatic nitrogens is 2. The fraction of sp³-hybridized carbons (Fsp3) is 0.0833. The zero-order valence-electron chi connectivity index (χ0n) is 11.1. The van der Waals surface area contributed by atoms with Crippen LogP contribution in [0.3, 0.4) is 0 Å². The van der Waals surface area contributed by atoms with Gasteiger partial charge in [0.2, 0.25) is 0 Å². The Morgan fingerprint density at radius 3 is 2.77 bits per heavy atom. The maximum Gasteiger partial charge on any atom is 0.342 e. The molecule has 2 rings (SSSR count). The average molecular weight is 369 g/mol. The van der Waals surface area contributed by atoms with Crippen molar-refractivity contribution in [2.45, 2.75) is 0 Å². The molecule has 2 aromatic rings. The molecule has 10 heteroatoms. The van der Waals surface area contributed by atoms with Gasteiger partial charge in [-0.2, -0.15) is 0 Å². The Morgan fingerprint density at radius 1 is 1.50 bits per heavy atom. The second-order valence-corrected chi connectivity index (χ2v) is 5.03. The second kappa shape index (κ2) is 5.93. The Labute approximate surface area is 131 Å². The van der Waals surface area contributed by atoms with Gasteiger partial charge in [0.25, 0.3) is 5.56 Å². The number of hydrogen-bond acceptors (Lipinski definition) is 6. The molecular weight excluding hydrogens is 360 g/mol. The van der Waals surface area contributed by atoms with Crippen molar-refractivity contribution in [3.63, 3.8) is 0 Å². The highest BCUT2D eigenvalue weighted by Gasteiger charge is 2.25. The van der Waals surface area contributed by atoms with E-state index in [-0.39, 0.29) is 11.5 Å². The number of para-hydroxylation sites is 1. The van der Waals surface area contributed by atoms with E-state index in [0.717, 1.165) is 6.07 Å². The normalized spacial score (nSPS) is 10.3. The van der Waals surface area contributed by atoms with E-state index in [2.05, 4.69) is 26.2 Å². The summed E-state index contributed by atoms with van der Waals surface area (Å²) >= 11 is 3.11. The van der Waals surface area contributed by atoms with Gasteiger partial charge in [0, 0.05) is 13.2 Å². The van der Waals surface area contributed by atoms with Gasteiger partial charge in [-0.25, -0.2) is 9.78 Å². The molecule has 0 radical (unpaired) electrons. The lowest BCUT2D eigenvalue weighted by molar-refractivity contribution is -0.384. The zero-order chi connectivity index (χ0) is 16.4. The number of benzene rings is 1. The molecule has 0 amide bonds. The number of carboxylic acid groups (broad SMARTS) is 1. The number of aryl methyl sites for hydroxylation is 1. The van der Waals surface area contributed by atoms with E-state index >= 15 is 0 Å². The van der Waals surface area contributed by atoms with Crippen LogP contribution in [-0.4, -0.2) is 25.6 Å². The molecule has 0 aliphatic carbocycles. The van der Waals surface area contributed by atoms with Crippen LogP contribution in [0, 0.1) is 10.1 Å². The van der Waals surface area contributed by atoms with E-state index in [9.17, 15) is 19.7 Å². The molecule has 0 aliphatic heterocycles. The molecule has 0 unspecified atom stereocenters. The SMILES string of the molecule is Cn1cc(Br)nc(Nc2cccc(C(=O)O)c2[N+](=O)[O-])c1=O. The molecule has 114 valence electrons. The molecule has 0 fully saturated rings. The lowest BCUT2D eigenvalue weighted by Crippen LogP contribution is -2.21. The number of halogens is 1. The van der Waals surface area contributed by atoms with Crippen LogP contribution < -0.4 is 10.9 Å². The number of nitro benzene ring substituents is 1. The highest BCUT2D eigenvalue weighted by molar-refractivity contribution is 9.10. The topological polar surface area (TPSA) is 127 Å². The third kappa shape index (κ3) is 2.96. The monoisotopic (exact) mass is 368 g/mol. The van der Waals surface area contributed by atoms with Crippen LogP contribution in [0.25, 0.3) is 0 Å². The third-order valence-electron chi connectivity index (χ3n) is 2.74. The first kappa shape index (κ1) is 15.6. The van der Waals surface area contributed by atoms with E-state index in [1.54, 1.807) is 0 Å². The Kier molecular flexibility index (Phi) is 4.22. The molecule has 0 bridgehead atoms. The molecule has 0 aliphatic rings. The van der Waals surface area contributed by atoms with Crippen LogP contribution in [0.5, 0.6) is 0 Å². The van der Waals surface area contributed by atoms with E-state index in [4.69, 9.17) is 5.11 Å². The minimum Gasteiger partial charge on any atom is -0.477 e. The Balaban J connectivity index is 2.60. The number of carboxylic acids is 1. The number of hydrogen-bond donors (Lipinski definition) is 2. The van der Waals surface area contributed by atoms with E-state index in [0.29, 0.717) is 4.60 Å². The largest absolute Gasteiger partial charge is 0.477 e. The molecule has 1 heterocycles. The summed E-state index contributed by atoms with van der Waals surface area (Å²) in [4.78, 5) is 37.3. The minimum atomic E-state index is -1.44. The van der Waals surface area contributed by atoms with Gasteiger partial charge < -0.3 is 15.0 Å². The summed E-state index contributed by atoms with van der Waals surface area (Å²) in [7, 11) is 1.49. The number of nitrogens with zero attached hydrogens (tertiary/aromatic N) is 3. The summed E-state index contributed by atoms with van der Waals surface area (Å²) < 4.78 is 1.57. The third-order valence-corrected chi connectivity index (χ3v) is 3.13. The lowest BCUT2D eigenvalue weighted by atomic mass is 10.1. The van der Waals surface area contributed by atoms with E-state index in [1.165, 1.54) is 29.9 Å². The Bertz CT molecular complexity index is 833. The van der Waals surface area contributed by atoms with Crippen LogP contribution in [0.1, 0.15) is 10.4 Å². The summed E-state index contributed by atoms with van der Waals surface area (Å²) in [5.74, 6) is -1.60. The molecule has 9 nitrogen and oxygen atoms in total. The standard InChI is InChI=1S/C12H9BrN4O5/c1-16-5-8(13)15-10(11(16)18)14-7-4-2-3-6(12(19)20)9(7)17(21)22/h2-5H,1H3,(H,14,15)(H,19,20). The fourth-order valence-corrected chi connectivity index (χ4v) is 2.28. The van der Waals surface area contributed by atoms with Crippen molar-refractivity contribution in [3.8, 4) is 0 Å².